The summed E-state index contributed by atoms with van der Waals surface area (Å²) in [5.74, 6) is -0.255. The number of nitrogen functional groups attached to an aromatic ring is 1. The lowest BCUT2D eigenvalue weighted by Gasteiger charge is -2.16. The molecule has 0 saturated heterocycles. The van der Waals surface area contributed by atoms with Crippen molar-refractivity contribution in [2.75, 3.05) is 5.73 Å². The third kappa shape index (κ3) is 2.77. The molecule has 106 valence electrons. The lowest BCUT2D eigenvalue weighted by Crippen LogP contribution is -2.29. The fourth-order valence-corrected chi connectivity index (χ4v) is 2.36. The second kappa shape index (κ2) is 5.96. The minimum atomic E-state index is -0.255. The standard InChI is InChI=1S/C14H17ClN4O/c1-3-19-13(12(16)8-17-19)14(20)18-9(2)10-6-4-5-7-11(10)15/h4-9H,3,16H2,1-2H3,(H,18,20). The summed E-state index contributed by atoms with van der Waals surface area (Å²) < 4.78 is 1.57. The summed E-state index contributed by atoms with van der Waals surface area (Å²) in [6.07, 6.45) is 1.48. The van der Waals surface area contributed by atoms with Gasteiger partial charge in [0.05, 0.1) is 17.9 Å². The van der Waals surface area contributed by atoms with Gasteiger partial charge in [-0.3, -0.25) is 9.48 Å². The van der Waals surface area contributed by atoms with E-state index in [0.717, 1.165) is 5.56 Å². The Morgan fingerprint density at radius 3 is 2.85 bits per heavy atom. The van der Waals surface area contributed by atoms with Crippen LogP contribution in [0, 0.1) is 0 Å². The smallest absolute Gasteiger partial charge is 0.272 e. The van der Waals surface area contributed by atoms with Crippen molar-refractivity contribution in [3.63, 3.8) is 0 Å². The number of aryl methyl sites for hydroxylation is 1. The van der Waals surface area contributed by atoms with Gasteiger partial charge in [-0.05, 0) is 25.5 Å². The van der Waals surface area contributed by atoms with Crippen molar-refractivity contribution in [1.29, 1.82) is 0 Å². The molecule has 0 saturated carbocycles. The summed E-state index contributed by atoms with van der Waals surface area (Å²) >= 11 is 6.12. The summed E-state index contributed by atoms with van der Waals surface area (Å²) in [5, 5.41) is 7.57. The van der Waals surface area contributed by atoms with E-state index in [-0.39, 0.29) is 11.9 Å². The van der Waals surface area contributed by atoms with Gasteiger partial charge >= 0.3 is 0 Å². The molecular formula is C14H17ClN4O. The van der Waals surface area contributed by atoms with Crippen LogP contribution in [0.15, 0.2) is 30.5 Å². The molecule has 0 aliphatic heterocycles. The highest BCUT2D eigenvalue weighted by Crippen LogP contribution is 2.23. The number of amides is 1. The maximum atomic E-state index is 12.3. The number of nitrogens with one attached hydrogen (secondary N) is 1. The van der Waals surface area contributed by atoms with E-state index in [0.29, 0.717) is 22.9 Å². The van der Waals surface area contributed by atoms with Crippen molar-refractivity contribution in [2.45, 2.75) is 26.4 Å². The van der Waals surface area contributed by atoms with Gasteiger partial charge in [0.15, 0.2) is 0 Å². The van der Waals surface area contributed by atoms with Crippen molar-refractivity contribution in [3.8, 4) is 0 Å². The molecule has 1 atom stereocenters. The molecule has 6 heteroatoms. The Balaban J connectivity index is 2.20. The molecule has 2 aromatic rings. The van der Waals surface area contributed by atoms with Crippen molar-refractivity contribution < 1.29 is 4.79 Å². The molecule has 3 N–H and O–H groups in total. The van der Waals surface area contributed by atoms with E-state index in [9.17, 15) is 4.79 Å². The van der Waals surface area contributed by atoms with E-state index < -0.39 is 0 Å². The van der Waals surface area contributed by atoms with Crippen molar-refractivity contribution in [1.82, 2.24) is 15.1 Å². The van der Waals surface area contributed by atoms with Gasteiger partial charge in [-0.2, -0.15) is 5.10 Å². The van der Waals surface area contributed by atoms with Crippen molar-refractivity contribution in [2.24, 2.45) is 0 Å². The maximum absolute atomic E-state index is 12.3. The van der Waals surface area contributed by atoms with Crippen LogP contribution in [-0.4, -0.2) is 15.7 Å². The fourth-order valence-electron chi connectivity index (χ4n) is 2.06. The van der Waals surface area contributed by atoms with E-state index in [1.807, 2.05) is 32.0 Å². The van der Waals surface area contributed by atoms with Crippen LogP contribution in [0.5, 0.6) is 0 Å². The number of hydrogen-bond acceptors (Lipinski definition) is 3. The molecule has 0 fully saturated rings. The van der Waals surface area contributed by atoms with E-state index >= 15 is 0 Å². The first kappa shape index (κ1) is 14.4. The number of aromatic nitrogens is 2. The maximum Gasteiger partial charge on any atom is 0.272 e. The fraction of sp³-hybridized carbons (Fsp3) is 0.286. The van der Waals surface area contributed by atoms with Crippen LogP contribution < -0.4 is 11.1 Å². The number of carbonyl (C=O) groups is 1. The van der Waals surface area contributed by atoms with E-state index in [1.54, 1.807) is 10.7 Å². The van der Waals surface area contributed by atoms with Crippen molar-refractivity contribution >= 4 is 23.2 Å². The molecule has 0 aliphatic carbocycles. The Bertz CT molecular complexity index is 623. The minimum Gasteiger partial charge on any atom is -0.396 e. The third-order valence-electron chi connectivity index (χ3n) is 3.10. The van der Waals surface area contributed by atoms with Gasteiger partial charge in [0.2, 0.25) is 0 Å². The molecule has 5 nitrogen and oxygen atoms in total. The van der Waals surface area contributed by atoms with Gasteiger partial charge in [0, 0.05) is 11.6 Å². The number of rotatable bonds is 4. The molecule has 20 heavy (non-hydrogen) atoms. The highest BCUT2D eigenvalue weighted by atomic mass is 35.5. The number of nitrogens with two attached hydrogens (primary N) is 1. The van der Waals surface area contributed by atoms with Gasteiger partial charge in [-0.1, -0.05) is 29.8 Å². The van der Waals surface area contributed by atoms with Crippen LogP contribution in [0.4, 0.5) is 5.69 Å². The highest BCUT2D eigenvalue weighted by molar-refractivity contribution is 6.31. The summed E-state index contributed by atoms with van der Waals surface area (Å²) in [6, 6.07) is 7.20. The topological polar surface area (TPSA) is 72.9 Å². The Labute approximate surface area is 122 Å². The van der Waals surface area contributed by atoms with Crippen molar-refractivity contribution in [3.05, 3.63) is 46.7 Å². The van der Waals surface area contributed by atoms with Crippen LogP contribution >= 0.6 is 11.6 Å². The van der Waals surface area contributed by atoms with Crippen LogP contribution in [-0.2, 0) is 6.54 Å². The zero-order chi connectivity index (χ0) is 14.7. The first-order valence-electron chi connectivity index (χ1n) is 6.41. The summed E-state index contributed by atoms with van der Waals surface area (Å²) in [4.78, 5) is 12.3. The van der Waals surface area contributed by atoms with Gasteiger partial charge in [0.1, 0.15) is 5.69 Å². The molecule has 1 aromatic carbocycles. The zero-order valence-corrected chi connectivity index (χ0v) is 12.2. The van der Waals surface area contributed by atoms with Crippen LogP contribution in [0.1, 0.15) is 35.9 Å². The number of hydrogen-bond donors (Lipinski definition) is 2. The number of halogens is 1. The van der Waals surface area contributed by atoms with Gasteiger partial charge in [-0.15, -0.1) is 0 Å². The normalized spacial score (nSPS) is 12.2. The summed E-state index contributed by atoms with van der Waals surface area (Å²) in [7, 11) is 0. The molecule has 1 amide bonds. The third-order valence-corrected chi connectivity index (χ3v) is 3.45. The van der Waals surface area contributed by atoms with Crippen LogP contribution in [0.3, 0.4) is 0 Å². The summed E-state index contributed by atoms with van der Waals surface area (Å²) in [5.41, 5.74) is 7.41. The lowest BCUT2D eigenvalue weighted by atomic mass is 10.1. The Kier molecular flexibility index (Phi) is 4.29. The zero-order valence-electron chi connectivity index (χ0n) is 11.4. The van der Waals surface area contributed by atoms with Crippen LogP contribution in [0.2, 0.25) is 5.02 Å². The SMILES string of the molecule is CCn1ncc(N)c1C(=O)NC(C)c1ccccc1Cl. The molecule has 0 spiro atoms. The largest absolute Gasteiger partial charge is 0.396 e. The molecule has 0 aliphatic rings. The van der Waals surface area contributed by atoms with Crippen LogP contribution in [0.25, 0.3) is 0 Å². The summed E-state index contributed by atoms with van der Waals surface area (Å²) in [6.45, 7) is 4.36. The van der Waals surface area contributed by atoms with E-state index in [1.165, 1.54) is 6.20 Å². The molecule has 1 unspecified atom stereocenters. The van der Waals surface area contributed by atoms with E-state index in [4.69, 9.17) is 17.3 Å². The average Bonchev–Trinajstić information content (AvgIpc) is 2.80. The quantitative estimate of drug-likeness (QED) is 0.910. The first-order chi connectivity index (χ1) is 9.54. The lowest BCUT2D eigenvalue weighted by molar-refractivity contribution is 0.0930. The predicted octanol–water partition coefficient (Wildman–Crippen LogP) is 2.63. The van der Waals surface area contributed by atoms with Gasteiger partial charge < -0.3 is 11.1 Å². The number of carbonyl (C=O) groups excluding carboxylic acids is 1. The molecule has 0 bridgehead atoms. The number of anilines is 1. The van der Waals surface area contributed by atoms with Gasteiger partial charge in [0.25, 0.3) is 5.91 Å². The van der Waals surface area contributed by atoms with Gasteiger partial charge in [-0.25, -0.2) is 0 Å². The minimum absolute atomic E-state index is 0.212. The Morgan fingerprint density at radius 1 is 1.50 bits per heavy atom. The molecule has 2 rings (SSSR count). The Morgan fingerprint density at radius 2 is 2.20 bits per heavy atom. The monoisotopic (exact) mass is 292 g/mol. The Hall–Kier alpha value is -2.01. The molecule has 1 heterocycles. The second-order valence-corrected chi connectivity index (χ2v) is 4.89. The molecular weight excluding hydrogens is 276 g/mol. The highest BCUT2D eigenvalue weighted by Gasteiger charge is 2.19. The first-order valence-corrected chi connectivity index (χ1v) is 6.79. The van der Waals surface area contributed by atoms with E-state index in [2.05, 4.69) is 10.4 Å². The molecule has 0 radical (unpaired) electrons. The average molecular weight is 293 g/mol. The predicted molar refractivity (Wildman–Crippen MR) is 79.6 cm³/mol. The number of benzene rings is 1. The number of nitrogens with zero attached hydrogens (tertiary/aromatic N) is 2. The second-order valence-electron chi connectivity index (χ2n) is 4.48. The molecule has 1 aromatic heterocycles.